The number of likely N-dealkylation sites (tertiary alicyclic amines) is 1. The lowest BCUT2D eigenvalue weighted by molar-refractivity contribution is 0.219. The van der Waals surface area contributed by atoms with E-state index in [1.165, 1.54) is 11.1 Å². The van der Waals surface area contributed by atoms with Gasteiger partial charge in [0.05, 0.1) is 5.69 Å². The fourth-order valence-corrected chi connectivity index (χ4v) is 3.46. The van der Waals surface area contributed by atoms with Gasteiger partial charge < -0.3 is 5.11 Å². The van der Waals surface area contributed by atoms with E-state index in [0.717, 1.165) is 36.8 Å². The van der Waals surface area contributed by atoms with Crippen LogP contribution in [0.25, 0.3) is 10.6 Å². The molecule has 1 aliphatic rings. The van der Waals surface area contributed by atoms with Crippen LogP contribution in [0, 0.1) is 12.8 Å². The molecule has 0 spiro atoms. The SMILES string of the molecule is Cc1ccc(-c2nc(CN3CCC(CO)C3)cs2)cc1. The lowest BCUT2D eigenvalue weighted by Crippen LogP contribution is -2.21. The molecule has 4 heteroatoms. The maximum atomic E-state index is 9.18. The van der Waals surface area contributed by atoms with Crippen LogP contribution in [0.3, 0.4) is 0 Å². The van der Waals surface area contributed by atoms with Gasteiger partial charge in [0.2, 0.25) is 0 Å². The Labute approximate surface area is 123 Å². The van der Waals surface area contributed by atoms with E-state index >= 15 is 0 Å². The zero-order valence-corrected chi connectivity index (χ0v) is 12.6. The van der Waals surface area contributed by atoms with E-state index in [4.69, 9.17) is 4.98 Å². The monoisotopic (exact) mass is 288 g/mol. The highest BCUT2D eigenvalue weighted by molar-refractivity contribution is 7.13. The first-order chi connectivity index (χ1) is 9.74. The third kappa shape index (κ3) is 3.08. The Balaban J connectivity index is 1.66. The van der Waals surface area contributed by atoms with Crippen LogP contribution in [0.4, 0.5) is 0 Å². The Bertz CT molecular complexity index is 564. The normalized spacial score (nSPS) is 19.6. The smallest absolute Gasteiger partial charge is 0.123 e. The molecule has 1 aromatic carbocycles. The number of aromatic nitrogens is 1. The van der Waals surface area contributed by atoms with Gasteiger partial charge in [0.15, 0.2) is 0 Å². The fourth-order valence-electron chi connectivity index (χ4n) is 2.64. The molecule has 1 atom stereocenters. The standard InChI is InChI=1S/C16H20N2OS/c1-12-2-4-14(5-3-12)16-17-15(11-20-16)9-18-7-6-13(8-18)10-19/h2-5,11,13,19H,6-10H2,1H3. The number of benzene rings is 1. The maximum absolute atomic E-state index is 9.18. The highest BCUT2D eigenvalue weighted by atomic mass is 32.1. The lowest BCUT2D eigenvalue weighted by Gasteiger charge is -2.13. The van der Waals surface area contributed by atoms with Gasteiger partial charge in [0.1, 0.15) is 5.01 Å². The van der Waals surface area contributed by atoms with Crippen LogP contribution in [0.15, 0.2) is 29.6 Å². The molecule has 1 aliphatic heterocycles. The minimum absolute atomic E-state index is 0.308. The molecule has 0 aliphatic carbocycles. The molecule has 1 N–H and O–H groups in total. The van der Waals surface area contributed by atoms with Gasteiger partial charge in [-0.2, -0.15) is 0 Å². The van der Waals surface area contributed by atoms with Gasteiger partial charge in [-0.25, -0.2) is 4.98 Å². The van der Waals surface area contributed by atoms with Crippen molar-refractivity contribution < 1.29 is 5.11 Å². The zero-order valence-electron chi connectivity index (χ0n) is 11.7. The van der Waals surface area contributed by atoms with E-state index in [1.807, 2.05) is 0 Å². The largest absolute Gasteiger partial charge is 0.396 e. The zero-order chi connectivity index (χ0) is 13.9. The molecule has 1 aromatic heterocycles. The summed E-state index contributed by atoms with van der Waals surface area (Å²) in [4.78, 5) is 7.12. The molecular weight excluding hydrogens is 268 g/mol. The minimum Gasteiger partial charge on any atom is -0.396 e. The topological polar surface area (TPSA) is 36.4 Å². The van der Waals surface area contributed by atoms with E-state index in [2.05, 4.69) is 41.5 Å². The van der Waals surface area contributed by atoms with Crippen LogP contribution in [0.1, 0.15) is 17.7 Å². The van der Waals surface area contributed by atoms with Crippen molar-refractivity contribution in [3.8, 4) is 10.6 Å². The van der Waals surface area contributed by atoms with Crippen LogP contribution in [-0.2, 0) is 6.54 Å². The van der Waals surface area contributed by atoms with E-state index in [1.54, 1.807) is 11.3 Å². The average molecular weight is 288 g/mol. The third-order valence-electron chi connectivity index (χ3n) is 3.86. The van der Waals surface area contributed by atoms with Crippen molar-refractivity contribution in [1.82, 2.24) is 9.88 Å². The predicted octanol–water partition coefficient (Wildman–Crippen LogP) is 2.93. The lowest BCUT2D eigenvalue weighted by atomic mass is 10.1. The summed E-state index contributed by atoms with van der Waals surface area (Å²) in [6, 6.07) is 8.52. The van der Waals surface area contributed by atoms with Gasteiger partial charge in [0, 0.05) is 30.6 Å². The summed E-state index contributed by atoms with van der Waals surface area (Å²) in [5.41, 5.74) is 3.61. The maximum Gasteiger partial charge on any atom is 0.123 e. The minimum atomic E-state index is 0.308. The molecule has 20 heavy (non-hydrogen) atoms. The Hall–Kier alpha value is -1.23. The quantitative estimate of drug-likeness (QED) is 0.939. The molecule has 2 heterocycles. The van der Waals surface area contributed by atoms with E-state index in [-0.39, 0.29) is 0 Å². The molecule has 2 aromatic rings. The van der Waals surface area contributed by atoms with Crippen LogP contribution < -0.4 is 0 Å². The second-order valence-electron chi connectivity index (χ2n) is 5.58. The van der Waals surface area contributed by atoms with Crippen molar-refractivity contribution in [3.05, 3.63) is 40.9 Å². The van der Waals surface area contributed by atoms with Crippen LogP contribution in [0.2, 0.25) is 0 Å². The second-order valence-corrected chi connectivity index (χ2v) is 6.44. The van der Waals surface area contributed by atoms with Gasteiger partial charge in [-0.3, -0.25) is 4.90 Å². The van der Waals surface area contributed by atoms with Crippen molar-refractivity contribution in [2.24, 2.45) is 5.92 Å². The van der Waals surface area contributed by atoms with Gasteiger partial charge >= 0.3 is 0 Å². The Morgan fingerprint density at radius 1 is 1.35 bits per heavy atom. The van der Waals surface area contributed by atoms with Crippen LogP contribution in [-0.4, -0.2) is 34.7 Å². The molecule has 0 radical (unpaired) electrons. The summed E-state index contributed by atoms with van der Waals surface area (Å²) in [5, 5.41) is 12.4. The summed E-state index contributed by atoms with van der Waals surface area (Å²) in [5.74, 6) is 0.449. The molecule has 0 amide bonds. The number of hydrogen-bond acceptors (Lipinski definition) is 4. The van der Waals surface area contributed by atoms with Crippen LogP contribution >= 0.6 is 11.3 Å². The number of nitrogens with zero attached hydrogens (tertiary/aromatic N) is 2. The predicted molar refractivity (Wildman–Crippen MR) is 82.8 cm³/mol. The first kappa shape index (κ1) is 13.7. The first-order valence-electron chi connectivity index (χ1n) is 7.09. The van der Waals surface area contributed by atoms with Crippen molar-refractivity contribution in [2.75, 3.05) is 19.7 Å². The van der Waals surface area contributed by atoms with Crippen molar-refractivity contribution in [1.29, 1.82) is 0 Å². The average Bonchev–Trinajstić information content (AvgIpc) is 3.09. The molecule has 1 saturated heterocycles. The molecule has 0 saturated carbocycles. The van der Waals surface area contributed by atoms with E-state index in [0.29, 0.717) is 12.5 Å². The molecule has 0 bridgehead atoms. The molecular formula is C16H20N2OS. The number of thiazole rings is 1. The highest BCUT2D eigenvalue weighted by Gasteiger charge is 2.22. The first-order valence-corrected chi connectivity index (χ1v) is 7.97. The molecule has 106 valence electrons. The van der Waals surface area contributed by atoms with Crippen molar-refractivity contribution in [3.63, 3.8) is 0 Å². The van der Waals surface area contributed by atoms with Gasteiger partial charge in [-0.15, -0.1) is 11.3 Å². The van der Waals surface area contributed by atoms with E-state index in [9.17, 15) is 5.11 Å². The fraction of sp³-hybridized carbons (Fsp3) is 0.438. The number of aliphatic hydroxyl groups is 1. The van der Waals surface area contributed by atoms with Gasteiger partial charge in [-0.1, -0.05) is 29.8 Å². The van der Waals surface area contributed by atoms with Crippen molar-refractivity contribution >= 4 is 11.3 Å². The van der Waals surface area contributed by atoms with Gasteiger partial charge in [-0.05, 0) is 25.8 Å². The number of aryl methyl sites for hydroxylation is 1. The summed E-state index contributed by atoms with van der Waals surface area (Å²) < 4.78 is 0. The number of rotatable bonds is 4. The van der Waals surface area contributed by atoms with Crippen LogP contribution in [0.5, 0.6) is 0 Å². The van der Waals surface area contributed by atoms with Crippen molar-refractivity contribution in [2.45, 2.75) is 19.9 Å². The van der Waals surface area contributed by atoms with Gasteiger partial charge in [0.25, 0.3) is 0 Å². The summed E-state index contributed by atoms with van der Waals surface area (Å²) in [6.07, 6.45) is 1.10. The highest BCUT2D eigenvalue weighted by Crippen LogP contribution is 2.25. The number of aliphatic hydroxyl groups excluding tert-OH is 1. The molecule has 3 nitrogen and oxygen atoms in total. The Morgan fingerprint density at radius 3 is 2.85 bits per heavy atom. The molecule has 1 unspecified atom stereocenters. The summed E-state index contributed by atoms with van der Waals surface area (Å²) in [7, 11) is 0. The van der Waals surface area contributed by atoms with E-state index < -0.39 is 0 Å². The Morgan fingerprint density at radius 2 is 2.15 bits per heavy atom. The second kappa shape index (κ2) is 6.04. The number of hydrogen-bond donors (Lipinski definition) is 1. The summed E-state index contributed by atoms with van der Waals surface area (Å²) >= 11 is 1.71. The molecule has 3 rings (SSSR count). The Kier molecular flexibility index (Phi) is 4.15. The molecule has 1 fully saturated rings. The third-order valence-corrected chi connectivity index (χ3v) is 4.80. The summed E-state index contributed by atoms with van der Waals surface area (Å²) in [6.45, 7) is 5.37.